The van der Waals surface area contributed by atoms with Gasteiger partial charge in [0.1, 0.15) is 0 Å². The van der Waals surface area contributed by atoms with E-state index in [-0.39, 0.29) is 6.04 Å². The van der Waals surface area contributed by atoms with Gasteiger partial charge in [-0.2, -0.15) is 5.26 Å². The molecule has 58 valence electrons. The Labute approximate surface area is 74.2 Å². The summed E-state index contributed by atoms with van der Waals surface area (Å²) < 4.78 is 0.716. The number of rotatable bonds is 2. The third-order valence-electron chi connectivity index (χ3n) is 1.33. The highest BCUT2D eigenvalue weighted by molar-refractivity contribution is 7.14. The van der Waals surface area contributed by atoms with E-state index in [1.54, 1.807) is 6.07 Å². The Bertz CT molecular complexity index is 276. The second-order valence-corrected chi connectivity index (χ2v) is 3.70. The monoisotopic (exact) mass is 186 g/mol. The van der Waals surface area contributed by atoms with E-state index < -0.39 is 0 Å². The summed E-state index contributed by atoms with van der Waals surface area (Å²) >= 11 is 7.12. The minimum atomic E-state index is -0.191. The van der Waals surface area contributed by atoms with Gasteiger partial charge < -0.3 is 5.73 Å². The summed E-state index contributed by atoms with van der Waals surface area (Å²) in [7, 11) is 0. The van der Waals surface area contributed by atoms with Gasteiger partial charge in [-0.05, 0) is 17.0 Å². The zero-order valence-corrected chi connectivity index (χ0v) is 7.32. The summed E-state index contributed by atoms with van der Waals surface area (Å²) in [6.07, 6.45) is 0.340. The number of nitriles is 1. The molecule has 1 rings (SSSR count). The van der Waals surface area contributed by atoms with E-state index in [4.69, 9.17) is 22.6 Å². The van der Waals surface area contributed by atoms with Crippen LogP contribution in [0.5, 0.6) is 0 Å². The van der Waals surface area contributed by atoms with Crippen LogP contribution in [0.15, 0.2) is 11.4 Å². The minimum absolute atomic E-state index is 0.191. The highest BCUT2D eigenvalue weighted by Crippen LogP contribution is 2.24. The first-order chi connectivity index (χ1) is 5.24. The van der Waals surface area contributed by atoms with Gasteiger partial charge in [0.05, 0.1) is 16.8 Å². The lowest BCUT2D eigenvalue weighted by Crippen LogP contribution is -2.07. The number of hydrogen-bond donors (Lipinski definition) is 1. The molecule has 1 heterocycles. The topological polar surface area (TPSA) is 49.8 Å². The zero-order chi connectivity index (χ0) is 8.27. The predicted octanol–water partition coefficient (Wildman–Crippen LogP) is 2.31. The summed E-state index contributed by atoms with van der Waals surface area (Å²) in [4.78, 5) is 0. The van der Waals surface area contributed by atoms with Gasteiger partial charge in [-0.25, -0.2) is 0 Å². The quantitative estimate of drug-likeness (QED) is 0.771. The molecule has 0 aliphatic carbocycles. The second-order valence-electron chi connectivity index (χ2n) is 2.15. The number of nitrogens with two attached hydrogens (primary N) is 1. The first kappa shape index (κ1) is 8.54. The van der Waals surface area contributed by atoms with E-state index in [0.717, 1.165) is 5.56 Å². The molecule has 0 amide bonds. The van der Waals surface area contributed by atoms with E-state index in [1.165, 1.54) is 11.3 Å². The van der Waals surface area contributed by atoms with E-state index in [9.17, 15) is 0 Å². The smallest absolute Gasteiger partial charge is 0.0931 e. The van der Waals surface area contributed by atoms with Crippen molar-refractivity contribution >= 4 is 22.9 Å². The molecule has 1 aromatic rings. The summed E-state index contributed by atoms with van der Waals surface area (Å²) in [5, 5.41) is 10.2. The van der Waals surface area contributed by atoms with Gasteiger partial charge in [-0.15, -0.1) is 11.3 Å². The third-order valence-corrected chi connectivity index (χ3v) is 2.44. The summed E-state index contributed by atoms with van der Waals surface area (Å²) in [5.41, 5.74) is 6.59. The van der Waals surface area contributed by atoms with Gasteiger partial charge in [-0.3, -0.25) is 0 Å². The third kappa shape index (κ3) is 2.19. The van der Waals surface area contributed by atoms with Crippen molar-refractivity contribution in [1.29, 1.82) is 5.26 Å². The van der Waals surface area contributed by atoms with Gasteiger partial charge in [0.15, 0.2) is 0 Å². The molecular formula is C7H7ClN2S. The Morgan fingerprint density at radius 3 is 3.00 bits per heavy atom. The molecule has 1 atom stereocenters. The first-order valence-electron chi connectivity index (χ1n) is 3.10. The van der Waals surface area contributed by atoms with Gasteiger partial charge in [0, 0.05) is 6.04 Å². The fourth-order valence-electron chi connectivity index (χ4n) is 0.734. The Kier molecular flexibility index (Phi) is 2.89. The molecule has 11 heavy (non-hydrogen) atoms. The van der Waals surface area contributed by atoms with Crippen LogP contribution in [-0.2, 0) is 0 Å². The van der Waals surface area contributed by atoms with Crippen molar-refractivity contribution in [3.8, 4) is 6.07 Å². The zero-order valence-electron chi connectivity index (χ0n) is 5.75. The standard InChI is InChI=1S/C7H7ClN2S/c8-7-3-5(4-11-7)6(10)1-2-9/h3-4,6H,1,10H2/t6-/m1/s1. The van der Waals surface area contributed by atoms with Gasteiger partial charge in [0.2, 0.25) is 0 Å². The van der Waals surface area contributed by atoms with Crippen LogP contribution in [-0.4, -0.2) is 0 Å². The molecule has 0 aromatic carbocycles. The number of thiophene rings is 1. The number of halogens is 1. The largest absolute Gasteiger partial charge is 0.323 e. The highest BCUT2D eigenvalue weighted by Gasteiger charge is 2.06. The van der Waals surface area contributed by atoms with E-state index >= 15 is 0 Å². The number of nitrogens with zero attached hydrogens (tertiary/aromatic N) is 1. The Morgan fingerprint density at radius 2 is 2.55 bits per heavy atom. The normalized spacial score (nSPS) is 12.5. The average Bonchev–Trinajstić information content (AvgIpc) is 2.36. The van der Waals surface area contributed by atoms with Crippen molar-refractivity contribution in [1.82, 2.24) is 0 Å². The fraction of sp³-hybridized carbons (Fsp3) is 0.286. The van der Waals surface area contributed by atoms with Crippen molar-refractivity contribution in [2.45, 2.75) is 12.5 Å². The van der Waals surface area contributed by atoms with Crippen LogP contribution in [0.3, 0.4) is 0 Å². The van der Waals surface area contributed by atoms with E-state index in [1.807, 2.05) is 11.4 Å². The molecule has 2 N–H and O–H groups in total. The van der Waals surface area contributed by atoms with Crippen LogP contribution in [0.1, 0.15) is 18.0 Å². The minimum Gasteiger partial charge on any atom is -0.323 e. The molecule has 0 fully saturated rings. The molecular weight excluding hydrogens is 180 g/mol. The maximum absolute atomic E-state index is 8.35. The van der Waals surface area contributed by atoms with Crippen LogP contribution in [0.4, 0.5) is 0 Å². The SMILES string of the molecule is N#CC[C@@H](N)c1csc(Cl)c1. The summed E-state index contributed by atoms with van der Waals surface area (Å²) in [6.45, 7) is 0. The maximum atomic E-state index is 8.35. The van der Waals surface area contributed by atoms with Gasteiger partial charge in [-0.1, -0.05) is 11.6 Å². The molecule has 2 nitrogen and oxygen atoms in total. The Morgan fingerprint density at radius 1 is 1.82 bits per heavy atom. The van der Waals surface area contributed by atoms with Crippen LogP contribution < -0.4 is 5.73 Å². The molecule has 0 bridgehead atoms. The Hall–Kier alpha value is -0.560. The lowest BCUT2D eigenvalue weighted by molar-refractivity contribution is 0.752. The average molecular weight is 187 g/mol. The van der Waals surface area contributed by atoms with Crippen LogP contribution in [0.2, 0.25) is 4.34 Å². The Balaban J connectivity index is 2.70. The van der Waals surface area contributed by atoms with Gasteiger partial charge in [0.25, 0.3) is 0 Å². The molecule has 0 unspecified atom stereocenters. The van der Waals surface area contributed by atoms with Crippen LogP contribution >= 0.6 is 22.9 Å². The fourth-order valence-corrected chi connectivity index (χ4v) is 1.69. The van der Waals surface area contributed by atoms with E-state index in [0.29, 0.717) is 10.8 Å². The second kappa shape index (κ2) is 3.72. The summed E-state index contributed by atoms with van der Waals surface area (Å²) in [6, 6.07) is 3.62. The van der Waals surface area contributed by atoms with Crippen molar-refractivity contribution < 1.29 is 0 Å². The summed E-state index contributed by atoms with van der Waals surface area (Å²) in [5.74, 6) is 0. The molecule has 1 aromatic heterocycles. The molecule has 0 saturated carbocycles. The molecule has 4 heteroatoms. The lowest BCUT2D eigenvalue weighted by Gasteiger charge is -2.01. The molecule has 0 aliphatic rings. The molecule has 0 radical (unpaired) electrons. The first-order valence-corrected chi connectivity index (χ1v) is 4.36. The van der Waals surface area contributed by atoms with Crippen LogP contribution in [0, 0.1) is 11.3 Å². The van der Waals surface area contributed by atoms with Gasteiger partial charge >= 0.3 is 0 Å². The molecule has 0 saturated heterocycles. The van der Waals surface area contributed by atoms with Crippen molar-refractivity contribution in [3.05, 3.63) is 21.3 Å². The molecule has 0 aliphatic heterocycles. The van der Waals surface area contributed by atoms with Crippen molar-refractivity contribution in [2.24, 2.45) is 5.73 Å². The lowest BCUT2D eigenvalue weighted by atomic mass is 10.1. The predicted molar refractivity (Wildman–Crippen MR) is 46.5 cm³/mol. The van der Waals surface area contributed by atoms with Crippen molar-refractivity contribution in [3.63, 3.8) is 0 Å². The highest BCUT2D eigenvalue weighted by atomic mass is 35.5. The maximum Gasteiger partial charge on any atom is 0.0931 e. The van der Waals surface area contributed by atoms with E-state index in [2.05, 4.69) is 0 Å². The number of hydrogen-bond acceptors (Lipinski definition) is 3. The van der Waals surface area contributed by atoms with Crippen molar-refractivity contribution in [2.75, 3.05) is 0 Å². The van der Waals surface area contributed by atoms with Crippen LogP contribution in [0.25, 0.3) is 0 Å². The molecule has 0 spiro atoms.